The summed E-state index contributed by atoms with van der Waals surface area (Å²) in [5.41, 5.74) is 5.84. The monoisotopic (exact) mass is 402 g/mol. The van der Waals surface area contributed by atoms with Gasteiger partial charge in [0.1, 0.15) is 23.9 Å². The molecule has 0 spiro atoms. The van der Waals surface area contributed by atoms with Crippen molar-refractivity contribution in [1.82, 2.24) is 29.3 Å². The molecule has 3 aromatic heterocycles. The molecule has 0 atom stereocenters. The van der Waals surface area contributed by atoms with E-state index in [9.17, 15) is 4.79 Å². The number of aryl methyl sites for hydroxylation is 2. The van der Waals surface area contributed by atoms with Crippen molar-refractivity contribution in [3.05, 3.63) is 60.1 Å². The minimum absolute atomic E-state index is 0.0819. The molecule has 0 unspecified atom stereocenters. The van der Waals surface area contributed by atoms with Crippen LogP contribution in [0.2, 0.25) is 0 Å². The summed E-state index contributed by atoms with van der Waals surface area (Å²) in [4.78, 5) is 27.8. The second-order valence-corrected chi connectivity index (χ2v) is 7.60. The van der Waals surface area contributed by atoms with Crippen LogP contribution in [0, 0.1) is 13.8 Å². The molecule has 9 nitrogen and oxygen atoms in total. The van der Waals surface area contributed by atoms with Gasteiger partial charge in [0.2, 0.25) is 5.91 Å². The van der Waals surface area contributed by atoms with Crippen LogP contribution >= 0.6 is 0 Å². The summed E-state index contributed by atoms with van der Waals surface area (Å²) >= 11 is 0. The van der Waals surface area contributed by atoms with Crippen molar-refractivity contribution in [2.45, 2.75) is 33.5 Å². The van der Waals surface area contributed by atoms with Crippen LogP contribution in [0.3, 0.4) is 0 Å². The number of carbonyl (C=O) groups is 1. The Morgan fingerprint density at radius 2 is 2.03 bits per heavy atom. The van der Waals surface area contributed by atoms with Crippen molar-refractivity contribution >= 4 is 28.4 Å². The summed E-state index contributed by atoms with van der Waals surface area (Å²) in [5.74, 6) is 0.785. The smallest absolute Gasteiger partial charge is 0.244 e. The van der Waals surface area contributed by atoms with Crippen molar-refractivity contribution in [3.63, 3.8) is 0 Å². The third-order valence-electron chi connectivity index (χ3n) is 5.45. The van der Waals surface area contributed by atoms with Gasteiger partial charge in [0.25, 0.3) is 0 Å². The first-order valence-electron chi connectivity index (χ1n) is 9.86. The Balaban J connectivity index is 1.26. The van der Waals surface area contributed by atoms with E-state index < -0.39 is 0 Å². The standard InChI is InChI=1S/C21H22N8O/c1-14-3-4-16(7-15(14)2)26-19(30)11-27-9-17(24-13-27)10-28-5-6-29-20-18(8-25-29)22-12-23-21(20)28/h3-4,7-9,12-13H,5-6,10-11H2,1-2H3,(H,26,30). The van der Waals surface area contributed by atoms with Crippen LogP contribution in [0.15, 0.2) is 43.2 Å². The summed E-state index contributed by atoms with van der Waals surface area (Å²) in [6.07, 6.45) is 6.94. The van der Waals surface area contributed by atoms with E-state index in [1.807, 2.05) is 36.0 Å². The number of imidazole rings is 1. The zero-order valence-electron chi connectivity index (χ0n) is 16.9. The molecule has 0 saturated carbocycles. The van der Waals surface area contributed by atoms with Gasteiger partial charge < -0.3 is 14.8 Å². The van der Waals surface area contributed by atoms with Crippen molar-refractivity contribution in [2.24, 2.45) is 0 Å². The quantitative estimate of drug-likeness (QED) is 0.551. The Hall–Kier alpha value is -3.75. The van der Waals surface area contributed by atoms with Gasteiger partial charge in [-0.15, -0.1) is 0 Å². The normalized spacial score (nSPS) is 13.1. The number of rotatable bonds is 5. The molecule has 152 valence electrons. The van der Waals surface area contributed by atoms with E-state index in [4.69, 9.17) is 0 Å². The zero-order chi connectivity index (χ0) is 20.7. The van der Waals surface area contributed by atoms with Gasteiger partial charge in [-0.3, -0.25) is 9.48 Å². The highest BCUT2D eigenvalue weighted by Crippen LogP contribution is 2.27. The lowest BCUT2D eigenvalue weighted by molar-refractivity contribution is -0.116. The fourth-order valence-electron chi connectivity index (χ4n) is 3.74. The Morgan fingerprint density at radius 3 is 2.90 bits per heavy atom. The predicted octanol–water partition coefficient (Wildman–Crippen LogP) is 2.30. The molecule has 30 heavy (non-hydrogen) atoms. The maximum atomic E-state index is 12.4. The molecule has 1 aromatic carbocycles. The second kappa shape index (κ2) is 7.25. The van der Waals surface area contributed by atoms with Crippen molar-refractivity contribution in [1.29, 1.82) is 0 Å². The van der Waals surface area contributed by atoms with Crippen LogP contribution in [0.4, 0.5) is 11.5 Å². The Labute approximate surface area is 173 Å². The van der Waals surface area contributed by atoms with Gasteiger partial charge >= 0.3 is 0 Å². The second-order valence-electron chi connectivity index (χ2n) is 7.60. The Kier molecular flexibility index (Phi) is 4.42. The molecule has 5 rings (SSSR count). The molecule has 4 aromatic rings. The molecule has 0 fully saturated rings. The third-order valence-corrected chi connectivity index (χ3v) is 5.45. The molecule has 0 aliphatic carbocycles. The first kappa shape index (κ1) is 18.3. The summed E-state index contributed by atoms with van der Waals surface area (Å²) < 4.78 is 3.74. The molecule has 1 amide bonds. The molecular weight excluding hydrogens is 380 g/mol. The van der Waals surface area contributed by atoms with Crippen LogP contribution in [0.5, 0.6) is 0 Å². The van der Waals surface area contributed by atoms with Crippen LogP contribution < -0.4 is 10.2 Å². The molecule has 1 aliphatic heterocycles. The van der Waals surface area contributed by atoms with Crippen molar-refractivity contribution in [2.75, 3.05) is 16.8 Å². The molecule has 0 radical (unpaired) electrons. The number of anilines is 2. The van der Waals surface area contributed by atoms with Gasteiger partial charge in [-0.05, 0) is 37.1 Å². The molecule has 1 N–H and O–H groups in total. The van der Waals surface area contributed by atoms with E-state index in [-0.39, 0.29) is 12.5 Å². The number of hydrogen-bond donors (Lipinski definition) is 1. The minimum Gasteiger partial charge on any atom is -0.347 e. The number of hydrogen-bond acceptors (Lipinski definition) is 6. The van der Waals surface area contributed by atoms with Gasteiger partial charge in [-0.25, -0.2) is 15.0 Å². The number of benzene rings is 1. The highest BCUT2D eigenvalue weighted by Gasteiger charge is 2.22. The number of aromatic nitrogens is 6. The molecule has 0 bridgehead atoms. The maximum Gasteiger partial charge on any atom is 0.244 e. The summed E-state index contributed by atoms with van der Waals surface area (Å²) in [6, 6.07) is 5.91. The molecule has 0 saturated heterocycles. The van der Waals surface area contributed by atoms with Crippen LogP contribution in [0.25, 0.3) is 11.0 Å². The van der Waals surface area contributed by atoms with E-state index in [1.165, 1.54) is 5.56 Å². The first-order chi connectivity index (χ1) is 14.6. The number of nitrogens with zero attached hydrogens (tertiary/aromatic N) is 7. The van der Waals surface area contributed by atoms with Crippen molar-refractivity contribution in [3.8, 4) is 0 Å². The number of amides is 1. The van der Waals surface area contributed by atoms with E-state index in [2.05, 4.69) is 37.2 Å². The van der Waals surface area contributed by atoms with Gasteiger partial charge in [-0.1, -0.05) is 6.07 Å². The van der Waals surface area contributed by atoms with Crippen molar-refractivity contribution < 1.29 is 4.79 Å². The van der Waals surface area contributed by atoms with E-state index in [0.717, 1.165) is 46.9 Å². The largest absolute Gasteiger partial charge is 0.347 e. The lowest BCUT2D eigenvalue weighted by atomic mass is 10.1. The highest BCUT2D eigenvalue weighted by atomic mass is 16.1. The number of nitrogens with one attached hydrogen (secondary N) is 1. The zero-order valence-corrected chi connectivity index (χ0v) is 16.9. The van der Waals surface area contributed by atoms with E-state index in [1.54, 1.807) is 23.4 Å². The van der Waals surface area contributed by atoms with Gasteiger partial charge in [0.15, 0.2) is 5.82 Å². The summed E-state index contributed by atoms with van der Waals surface area (Å²) in [6.45, 7) is 6.49. The van der Waals surface area contributed by atoms with Gasteiger partial charge in [0, 0.05) is 18.4 Å². The lowest BCUT2D eigenvalue weighted by Crippen LogP contribution is -2.32. The van der Waals surface area contributed by atoms with Gasteiger partial charge in [-0.2, -0.15) is 5.10 Å². The maximum absolute atomic E-state index is 12.4. The molecular formula is C21H22N8O. The summed E-state index contributed by atoms with van der Waals surface area (Å²) in [5, 5.41) is 7.32. The Bertz CT molecular complexity index is 1240. The summed E-state index contributed by atoms with van der Waals surface area (Å²) in [7, 11) is 0. The van der Waals surface area contributed by atoms with Crippen LogP contribution in [0.1, 0.15) is 16.8 Å². The van der Waals surface area contributed by atoms with Crippen LogP contribution in [-0.4, -0.2) is 41.8 Å². The Morgan fingerprint density at radius 1 is 1.13 bits per heavy atom. The lowest BCUT2D eigenvalue weighted by Gasteiger charge is -2.27. The number of carbonyl (C=O) groups excluding carboxylic acids is 1. The predicted molar refractivity (Wildman–Crippen MR) is 113 cm³/mol. The van der Waals surface area contributed by atoms with Crippen LogP contribution in [-0.2, 0) is 24.4 Å². The third kappa shape index (κ3) is 3.38. The minimum atomic E-state index is -0.0819. The molecule has 1 aliphatic rings. The van der Waals surface area contributed by atoms with Gasteiger partial charge in [0.05, 0.1) is 31.3 Å². The fourth-order valence-corrected chi connectivity index (χ4v) is 3.74. The molecule has 9 heteroatoms. The van der Waals surface area contributed by atoms with E-state index >= 15 is 0 Å². The SMILES string of the molecule is Cc1ccc(NC(=O)Cn2cnc(CN3CCn4ncc5ncnc3c54)c2)cc1C. The first-order valence-corrected chi connectivity index (χ1v) is 9.86. The average molecular weight is 402 g/mol. The fraction of sp³-hybridized carbons (Fsp3) is 0.286. The topological polar surface area (TPSA) is 93.8 Å². The molecule has 4 heterocycles. The highest BCUT2D eigenvalue weighted by molar-refractivity contribution is 5.90. The van der Waals surface area contributed by atoms with E-state index in [0.29, 0.717) is 6.54 Å². The average Bonchev–Trinajstić information content (AvgIpc) is 3.35.